The van der Waals surface area contributed by atoms with Crippen molar-refractivity contribution in [2.24, 2.45) is 0 Å². The molecule has 4 heteroatoms. The van der Waals surface area contributed by atoms with Crippen molar-refractivity contribution in [3.63, 3.8) is 0 Å². The van der Waals surface area contributed by atoms with Crippen LogP contribution in [0.15, 0.2) is 30.3 Å². The minimum atomic E-state index is -0.914. The van der Waals surface area contributed by atoms with Crippen molar-refractivity contribution in [3.05, 3.63) is 58.9 Å². The second-order valence-electron chi connectivity index (χ2n) is 7.02. The first-order valence-electron chi connectivity index (χ1n) is 9.43. The summed E-state index contributed by atoms with van der Waals surface area (Å²) >= 11 is 0. The van der Waals surface area contributed by atoms with Gasteiger partial charge in [0.25, 0.3) is 0 Å². The number of halogens is 3. The van der Waals surface area contributed by atoms with Crippen LogP contribution in [0.5, 0.6) is 0 Å². The standard InChI is InChI=1S/C22H25F3O/c1-3-5-14-6-7-15(12-20(14)23)18-10-11-19(22(25)21(18)24)16-8-9-17(4-2)26-13-16/h6-7,10-12,16-17H,3-5,8-9,13H2,1-2H3. The van der Waals surface area contributed by atoms with Crippen molar-refractivity contribution in [1.82, 2.24) is 0 Å². The molecule has 26 heavy (non-hydrogen) atoms. The van der Waals surface area contributed by atoms with Gasteiger partial charge in [0.1, 0.15) is 5.82 Å². The molecule has 1 saturated heterocycles. The van der Waals surface area contributed by atoms with E-state index in [1.807, 2.05) is 6.92 Å². The molecule has 2 aromatic rings. The largest absolute Gasteiger partial charge is 0.378 e. The molecule has 0 aliphatic carbocycles. The maximum Gasteiger partial charge on any atom is 0.166 e. The van der Waals surface area contributed by atoms with E-state index in [1.54, 1.807) is 24.3 Å². The highest BCUT2D eigenvalue weighted by atomic mass is 19.2. The Bertz CT molecular complexity index is 764. The molecule has 0 bridgehead atoms. The second kappa shape index (κ2) is 8.26. The monoisotopic (exact) mass is 362 g/mol. The van der Waals surface area contributed by atoms with Crippen LogP contribution in [0.3, 0.4) is 0 Å². The van der Waals surface area contributed by atoms with E-state index >= 15 is 0 Å². The molecule has 1 aliphatic rings. The van der Waals surface area contributed by atoms with Gasteiger partial charge in [-0.25, -0.2) is 13.2 Å². The van der Waals surface area contributed by atoms with E-state index in [9.17, 15) is 13.2 Å². The fourth-order valence-corrected chi connectivity index (χ4v) is 3.66. The third-order valence-corrected chi connectivity index (χ3v) is 5.26. The van der Waals surface area contributed by atoms with Crippen molar-refractivity contribution in [3.8, 4) is 11.1 Å². The van der Waals surface area contributed by atoms with E-state index in [0.29, 0.717) is 29.7 Å². The molecule has 3 rings (SSSR count). The molecule has 2 atom stereocenters. The fraction of sp³-hybridized carbons (Fsp3) is 0.455. The van der Waals surface area contributed by atoms with Gasteiger partial charge < -0.3 is 4.74 Å². The molecule has 0 radical (unpaired) electrons. The summed E-state index contributed by atoms with van der Waals surface area (Å²) in [5, 5.41) is 0. The van der Waals surface area contributed by atoms with Crippen LogP contribution in [-0.2, 0) is 11.2 Å². The van der Waals surface area contributed by atoms with E-state index in [0.717, 1.165) is 25.7 Å². The lowest BCUT2D eigenvalue weighted by atomic mass is 9.89. The van der Waals surface area contributed by atoms with Gasteiger partial charge in [-0.15, -0.1) is 0 Å². The van der Waals surface area contributed by atoms with E-state index in [1.165, 1.54) is 6.07 Å². The number of hydrogen-bond acceptors (Lipinski definition) is 1. The first-order chi connectivity index (χ1) is 12.5. The highest BCUT2D eigenvalue weighted by molar-refractivity contribution is 5.65. The molecule has 2 aromatic carbocycles. The van der Waals surface area contributed by atoms with Gasteiger partial charge in [-0.1, -0.05) is 44.5 Å². The first-order valence-corrected chi connectivity index (χ1v) is 9.43. The molecular formula is C22H25F3O. The summed E-state index contributed by atoms with van der Waals surface area (Å²) in [6.07, 6.45) is 4.24. The zero-order valence-corrected chi connectivity index (χ0v) is 15.3. The van der Waals surface area contributed by atoms with Crippen LogP contribution in [0.25, 0.3) is 11.1 Å². The molecule has 1 heterocycles. The molecule has 0 spiro atoms. The summed E-state index contributed by atoms with van der Waals surface area (Å²) in [4.78, 5) is 0. The first kappa shape index (κ1) is 19.0. The normalized spacial score (nSPS) is 20.3. The Balaban J connectivity index is 1.87. The average molecular weight is 362 g/mol. The van der Waals surface area contributed by atoms with Gasteiger partial charge in [-0.3, -0.25) is 0 Å². The summed E-state index contributed by atoms with van der Waals surface area (Å²) in [6, 6.07) is 7.76. The summed E-state index contributed by atoms with van der Waals surface area (Å²) in [5.41, 5.74) is 1.40. The van der Waals surface area contributed by atoms with E-state index in [4.69, 9.17) is 4.74 Å². The third-order valence-electron chi connectivity index (χ3n) is 5.26. The van der Waals surface area contributed by atoms with Crippen LogP contribution < -0.4 is 0 Å². The van der Waals surface area contributed by atoms with Crippen molar-refractivity contribution in [2.45, 2.75) is 58.0 Å². The Kier molecular flexibility index (Phi) is 6.02. The molecule has 1 aliphatic heterocycles. The molecule has 0 aromatic heterocycles. The van der Waals surface area contributed by atoms with Gasteiger partial charge >= 0.3 is 0 Å². The van der Waals surface area contributed by atoms with Gasteiger partial charge in [0.15, 0.2) is 11.6 Å². The Hall–Kier alpha value is -1.81. The van der Waals surface area contributed by atoms with Crippen molar-refractivity contribution >= 4 is 0 Å². The van der Waals surface area contributed by atoms with Crippen molar-refractivity contribution < 1.29 is 17.9 Å². The Morgan fingerprint density at radius 3 is 2.42 bits per heavy atom. The summed E-state index contributed by atoms with van der Waals surface area (Å²) < 4.78 is 49.3. The molecule has 0 saturated carbocycles. The maximum absolute atomic E-state index is 14.7. The predicted molar refractivity (Wildman–Crippen MR) is 97.8 cm³/mol. The van der Waals surface area contributed by atoms with E-state index in [2.05, 4.69) is 6.92 Å². The average Bonchev–Trinajstić information content (AvgIpc) is 2.66. The molecule has 0 N–H and O–H groups in total. The third kappa shape index (κ3) is 3.80. The second-order valence-corrected chi connectivity index (χ2v) is 7.02. The van der Waals surface area contributed by atoms with Gasteiger partial charge in [0.05, 0.1) is 12.7 Å². The number of aryl methyl sites for hydroxylation is 1. The lowest BCUT2D eigenvalue weighted by Crippen LogP contribution is -2.24. The van der Waals surface area contributed by atoms with Gasteiger partial charge in [0.2, 0.25) is 0 Å². The lowest BCUT2D eigenvalue weighted by molar-refractivity contribution is 0.00131. The summed E-state index contributed by atoms with van der Waals surface area (Å²) in [7, 11) is 0. The van der Waals surface area contributed by atoms with Crippen molar-refractivity contribution in [2.75, 3.05) is 6.61 Å². The molecule has 1 fully saturated rings. The zero-order chi connectivity index (χ0) is 18.7. The van der Waals surface area contributed by atoms with E-state index in [-0.39, 0.29) is 23.4 Å². The lowest BCUT2D eigenvalue weighted by Gasteiger charge is -2.29. The molecule has 1 nitrogen and oxygen atoms in total. The molecular weight excluding hydrogens is 337 g/mol. The topological polar surface area (TPSA) is 9.23 Å². The van der Waals surface area contributed by atoms with Crippen LogP contribution >= 0.6 is 0 Å². The molecule has 2 unspecified atom stereocenters. The highest BCUT2D eigenvalue weighted by Crippen LogP contribution is 2.35. The summed E-state index contributed by atoms with van der Waals surface area (Å²) in [6.45, 7) is 4.44. The highest BCUT2D eigenvalue weighted by Gasteiger charge is 2.26. The van der Waals surface area contributed by atoms with Crippen LogP contribution in [0.1, 0.15) is 56.6 Å². The zero-order valence-electron chi connectivity index (χ0n) is 15.3. The van der Waals surface area contributed by atoms with E-state index < -0.39 is 11.6 Å². The van der Waals surface area contributed by atoms with Gasteiger partial charge in [-0.2, -0.15) is 0 Å². The smallest absolute Gasteiger partial charge is 0.166 e. The number of rotatable bonds is 5. The minimum absolute atomic E-state index is 0.0939. The van der Waals surface area contributed by atoms with Crippen LogP contribution in [-0.4, -0.2) is 12.7 Å². The number of benzene rings is 2. The van der Waals surface area contributed by atoms with Crippen LogP contribution in [0.4, 0.5) is 13.2 Å². The maximum atomic E-state index is 14.7. The number of hydrogen-bond donors (Lipinski definition) is 0. The quantitative estimate of drug-likeness (QED) is 0.598. The molecule has 0 amide bonds. The van der Waals surface area contributed by atoms with Gasteiger partial charge in [-0.05, 0) is 48.4 Å². The number of ether oxygens (including phenoxy) is 1. The Morgan fingerprint density at radius 2 is 1.81 bits per heavy atom. The fourth-order valence-electron chi connectivity index (χ4n) is 3.66. The SMILES string of the molecule is CCCc1ccc(-c2ccc(C3CCC(CC)OC3)c(F)c2F)cc1F. The van der Waals surface area contributed by atoms with Crippen molar-refractivity contribution in [1.29, 1.82) is 0 Å². The summed E-state index contributed by atoms with van der Waals surface area (Å²) in [5.74, 6) is -2.27. The Labute approximate surface area is 153 Å². The molecule has 140 valence electrons. The van der Waals surface area contributed by atoms with Gasteiger partial charge in [0, 0.05) is 11.5 Å². The van der Waals surface area contributed by atoms with Crippen LogP contribution in [0.2, 0.25) is 0 Å². The minimum Gasteiger partial charge on any atom is -0.378 e. The Morgan fingerprint density at radius 1 is 1.00 bits per heavy atom. The predicted octanol–water partition coefficient (Wildman–Crippen LogP) is 6.40. The van der Waals surface area contributed by atoms with Crippen LogP contribution in [0, 0.1) is 17.5 Å².